The van der Waals surface area contributed by atoms with Gasteiger partial charge in [-0.3, -0.25) is 4.79 Å². The van der Waals surface area contributed by atoms with Gasteiger partial charge in [0.2, 0.25) is 0 Å². The van der Waals surface area contributed by atoms with E-state index in [2.05, 4.69) is 37.9 Å². The number of thiophene rings is 1. The molecule has 0 saturated heterocycles. The monoisotopic (exact) mass is 383 g/mol. The molecular formula is C13H7Br2NOS. The third kappa shape index (κ3) is 2.89. The van der Waals surface area contributed by atoms with Crippen LogP contribution >= 0.6 is 43.2 Å². The summed E-state index contributed by atoms with van der Waals surface area (Å²) in [5, 5.41) is 9.20. The van der Waals surface area contributed by atoms with Crippen LogP contribution in [0.2, 0.25) is 0 Å². The van der Waals surface area contributed by atoms with Crippen LogP contribution in [0.1, 0.15) is 21.2 Å². The van der Waals surface area contributed by atoms with E-state index in [4.69, 9.17) is 0 Å². The molecule has 0 spiro atoms. The zero-order valence-corrected chi connectivity index (χ0v) is 13.0. The number of rotatable bonds is 3. The molecule has 0 amide bonds. The van der Waals surface area contributed by atoms with Crippen LogP contribution in [0.5, 0.6) is 0 Å². The topological polar surface area (TPSA) is 40.9 Å². The van der Waals surface area contributed by atoms with Crippen molar-refractivity contribution in [1.29, 1.82) is 5.26 Å². The molecule has 1 aromatic heterocycles. The van der Waals surface area contributed by atoms with E-state index in [0.717, 1.165) is 13.8 Å². The second kappa shape index (κ2) is 5.79. The molecule has 18 heavy (non-hydrogen) atoms. The SMILES string of the molecule is N#CC(C(=O)c1ccc(Br)s1)c1ccc(Br)cc1. The maximum Gasteiger partial charge on any atom is 0.194 e. The van der Waals surface area contributed by atoms with Crippen molar-refractivity contribution in [3.05, 3.63) is 55.1 Å². The van der Waals surface area contributed by atoms with E-state index in [1.807, 2.05) is 18.2 Å². The van der Waals surface area contributed by atoms with Gasteiger partial charge in [-0.25, -0.2) is 0 Å². The van der Waals surface area contributed by atoms with Crippen molar-refractivity contribution in [2.45, 2.75) is 5.92 Å². The minimum Gasteiger partial charge on any atom is -0.291 e. The number of carbonyl (C=O) groups excluding carboxylic acids is 1. The van der Waals surface area contributed by atoms with Crippen molar-refractivity contribution in [2.75, 3.05) is 0 Å². The normalized spacial score (nSPS) is 11.8. The Hall–Kier alpha value is -0.960. The molecule has 0 N–H and O–H groups in total. The van der Waals surface area contributed by atoms with Gasteiger partial charge in [0.25, 0.3) is 0 Å². The Balaban J connectivity index is 2.32. The second-order valence-corrected chi connectivity index (χ2v) is 6.96. The standard InChI is InChI=1S/C13H7Br2NOS/c14-9-3-1-8(2-4-9)10(7-16)13(17)11-5-6-12(15)18-11/h1-6,10H. The Morgan fingerprint density at radius 1 is 1.17 bits per heavy atom. The zero-order valence-electron chi connectivity index (χ0n) is 9.06. The fourth-order valence-electron chi connectivity index (χ4n) is 1.53. The Morgan fingerprint density at radius 2 is 1.83 bits per heavy atom. The van der Waals surface area contributed by atoms with E-state index in [-0.39, 0.29) is 5.78 Å². The van der Waals surface area contributed by atoms with Gasteiger partial charge >= 0.3 is 0 Å². The van der Waals surface area contributed by atoms with Crippen molar-refractivity contribution < 1.29 is 4.79 Å². The van der Waals surface area contributed by atoms with E-state index in [1.165, 1.54) is 11.3 Å². The maximum atomic E-state index is 12.2. The summed E-state index contributed by atoms with van der Waals surface area (Å²) in [6.45, 7) is 0. The van der Waals surface area contributed by atoms with Gasteiger partial charge in [0.15, 0.2) is 5.78 Å². The highest BCUT2D eigenvalue weighted by molar-refractivity contribution is 9.11. The summed E-state index contributed by atoms with van der Waals surface area (Å²) in [6, 6.07) is 12.9. The van der Waals surface area contributed by atoms with Crippen molar-refractivity contribution in [2.24, 2.45) is 0 Å². The first-order chi connectivity index (χ1) is 8.61. The van der Waals surface area contributed by atoms with Gasteiger partial charge in [-0.15, -0.1) is 11.3 Å². The molecule has 0 saturated carbocycles. The lowest BCUT2D eigenvalue weighted by Crippen LogP contribution is -2.09. The van der Waals surface area contributed by atoms with Crippen molar-refractivity contribution >= 4 is 49.0 Å². The number of Topliss-reactive ketones (excluding diaryl/α,β-unsaturated/α-hetero) is 1. The number of hydrogen-bond donors (Lipinski definition) is 0. The quantitative estimate of drug-likeness (QED) is 0.715. The van der Waals surface area contributed by atoms with Crippen molar-refractivity contribution in [1.82, 2.24) is 0 Å². The van der Waals surface area contributed by atoms with E-state index in [9.17, 15) is 10.1 Å². The van der Waals surface area contributed by atoms with Gasteiger partial charge in [0, 0.05) is 4.47 Å². The molecule has 0 aliphatic rings. The summed E-state index contributed by atoms with van der Waals surface area (Å²) >= 11 is 7.99. The van der Waals surface area contributed by atoms with Crippen LogP contribution in [0, 0.1) is 11.3 Å². The van der Waals surface area contributed by atoms with Crippen LogP contribution in [0.15, 0.2) is 44.7 Å². The number of halogens is 2. The van der Waals surface area contributed by atoms with E-state index >= 15 is 0 Å². The first-order valence-electron chi connectivity index (χ1n) is 5.06. The molecule has 2 rings (SSSR count). The molecule has 0 aliphatic heterocycles. The molecule has 2 aromatic rings. The fraction of sp³-hybridized carbons (Fsp3) is 0.0769. The third-order valence-corrected chi connectivity index (χ3v) is 4.58. The van der Waals surface area contributed by atoms with E-state index in [0.29, 0.717) is 4.88 Å². The third-order valence-electron chi connectivity index (χ3n) is 2.41. The summed E-state index contributed by atoms with van der Waals surface area (Å²) in [6.07, 6.45) is 0. The lowest BCUT2D eigenvalue weighted by Gasteiger charge is -2.07. The Bertz CT molecular complexity index is 613. The van der Waals surface area contributed by atoms with Gasteiger partial charge in [0.1, 0.15) is 5.92 Å². The molecule has 0 radical (unpaired) electrons. The zero-order chi connectivity index (χ0) is 13.1. The van der Waals surface area contributed by atoms with Crippen LogP contribution in [0.25, 0.3) is 0 Å². The lowest BCUT2D eigenvalue weighted by molar-refractivity contribution is 0.0983. The summed E-state index contributed by atoms with van der Waals surface area (Å²) < 4.78 is 1.81. The molecule has 0 bridgehead atoms. The first-order valence-corrected chi connectivity index (χ1v) is 7.46. The Morgan fingerprint density at radius 3 is 2.33 bits per heavy atom. The predicted octanol–water partition coefficient (Wildman–Crippen LogP) is 4.76. The number of nitrogens with zero attached hydrogens (tertiary/aromatic N) is 1. The van der Waals surface area contributed by atoms with Crippen LogP contribution < -0.4 is 0 Å². The Labute approximate surface area is 126 Å². The Kier molecular flexibility index (Phi) is 4.33. The summed E-state index contributed by atoms with van der Waals surface area (Å²) in [5.74, 6) is -0.904. The molecule has 2 nitrogen and oxygen atoms in total. The molecule has 90 valence electrons. The summed E-state index contributed by atoms with van der Waals surface area (Å²) in [4.78, 5) is 12.8. The average Bonchev–Trinajstić information content (AvgIpc) is 2.79. The van der Waals surface area contributed by atoms with Crippen LogP contribution in [0.4, 0.5) is 0 Å². The van der Waals surface area contributed by atoms with Gasteiger partial charge in [-0.05, 0) is 45.8 Å². The lowest BCUT2D eigenvalue weighted by atomic mass is 9.95. The number of benzene rings is 1. The molecule has 1 aromatic carbocycles. The van der Waals surface area contributed by atoms with Gasteiger partial charge in [0.05, 0.1) is 14.7 Å². The first kappa shape index (κ1) is 13.5. The predicted molar refractivity (Wildman–Crippen MR) is 78.8 cm³/mol. The van der Waals surface area contributed by atoms with E-state index < -0.39 is 5.92 Å². The summed E-state index contributed by atoms with van der Waals surface area (Å²) in [7, 11) is 0. The molecule has 0 aliphatic carbocycles. The second-order valence-electron chi connectivity index (χ2n) is 3.58. The molecule has 1 heterocycles. The van der Waals surface area contributed by atoms with Gasteiger partial charge in [-0.1, -0.05) is 28.1 Å². The van der Waals surface area contributed by atoms with Crippen LogP contribution in [-0.4, -0.2) is 5.78 Å². The highest BCUT2D eigenvalue weighted by Crippen LogP contribution is 2.28. The molecule has 0 fully saturated rings. The summed E-state index contributed by atoms with van der Waals surface area (Å²) in [5.41, 5.74) is 0.718. The minimum atomic E-state index is -0.747. The van der Waals surface area contributed by atoms with Crippen molar-refractivity contribution in [3.8, 4) is 6.07 Å². The highest BCUT2D eigenvalue weighted by atomic mass is 79.9. The maximum absolute atomic E-state index is 12.2. The number of hydrogen-bond acceptors (Lipinski definition) is 3. The number of nitriles is 1. The molecular weight excluding hydrogens is 378 g/mol. The minimum absolute atomic E-state index is 0.157. The van der Waals surface area contributed by atoms with Gasteiger partial charge in [-0.2, -0.15) is 5.26 Å². The smallest absolute Gasteiger partial charge is 0.194 e. The molecule has 5 heteroatoms. The molecule has 1 atom stereocenters. The highest BCUT2D eigenvalue weighted by Gasteiger charge is 2.22. The number of carbonyl (C=O) groups is 1. The van der Waals surface area contributed by atoms with Crippen LogP contribution in [-0.2, 0) is 0 Å². The fourth-order valence-corrected chi connectivity index (χ4v) is 3.15. The van der Waals surface area contributed by atoms with Crippen LogP contribution in [0.3, 0.4) is 0 Å². The van der Waals surface area contributed by atoms with Gasteiger partial charge < -0.3 is 0 Å². The van der Waals surface area contributed by atoms with Crippen molar-refractivity contribution in [3.63, 3.8) is 0 Å². The molecule has 1 unspecified atom stereocenters. The number of ketones is 1. The average molecular weight is 385 g/mol. The van der Waals surface area contributed by atoms with E-state index in [1.54, 1.807) is 18.2 Å². The largest absolute Gasteiger partial charge is 0.291 e.